The van der Waals surface area contributed by atoms with Crippen molar-refractivity contribution in [1.82, 2.24) is 0 Å². The summed E-state index contributed by atoms with van der Waals surface area (Å²) < 4.78 is 0. The van der Waals surface area contributed by atoms with Crippen molar-refractivity contribution in [2.75, 3.05) is 6.61 Å². The zero-order valence-corrected chi connectivity index (χ0v) is 15.3. The molecule has 4 nitrogen and oxygen atoms in total. The fourth-order valence-electron chi connectivity index (χ4n) is 4.77. The lowest BCUT2D eigenvalue weighted by Crippen LogP contribution is -2.44. The standard InChI is InChI=1S/C21H30O4/c1-13(10-11-22)20-14(2)12-16-8-9-18(23)15(3)21(16)17(20)6-4-5-7-19(24)25/h4-7,10,12,15-18,20-23H,8-9,11H2,1-3H3,(H,24,25)/b6-4+,7-5+,13-10?/t15-,16-,17+,18+,20+,21+/m0/s1. The molecule has 0 saturated heterocycles. The number of rotatable bonds is 5. The fraction of sp³-hybridized carbons (Fsp3) is 0.571. The van der Waals surface area contributed by atoms with E-state index in [0.717, 1.165) is 24.5 Å². The predicted molar refractivity (Wildman–Crippen MR) is 98.9 cm³/mol. The van der Waals surface area contributed by atoms with Gasteiger partial charge in [0.2, 0.25) is 0 Å². The van der Waals surface area contributed by atoms with Gasteiger partial charge in [0.15, 0.2) is 0 Å². The Kier molecular flexibility index (Phi) is 6.79. The molecule has 138 valence electrons. The van der Waals surface area contributed by atoms with Crippen LogP contribution in [0.2, 0.25) is 0 Å². The van der Waals surface area contributed by atoms with Crippen LogP contribution in [0.1, 0.15) is 33.6 Å². The number of allylic oxidation sites excluding steroid dienone is 6. The van der Waals surface area contributed by atoms with Gasteiger partial charge in [0.25, 0.3) is 0 Å². The van der Waals surface area contributed by atoms with Gasteiger partial charge in [0, 0.05) is 12.0 Å². The molecule has 6 atom stereocenters. The third-order valence-corrected chi connectivity index (χ3v) is 5.89. The molecule has 0 spiro atoms. The molecule has 2 aliphatic carbocycles. The molecule has 0 bridgehead atoms. The second-order valence-corrected chi connectivity index (χ2v) is 7.42. The van der Waals surface area contributed by atoms with Crippen LogP contribution in [0.5, 0.6) is 0 Å². The first-order chi connectivity index (χ1) is 11.9. The van der Waals surface area contributed by atoms with E-state index >= 15 is 0 Å². The molecule has 0 aromatic rings. The number of carbonyl (C=O) groups is 1. The van der Waals surface area contributed by atoms with Gasteiger partial charge in [0.05, 0.1) is 12.7 Å². The number of hydrogen-bond donors (Lipinski definition) is 3. The average Bonchev–Trinajstić information content (AvgIpc) is 2.54. The van der Waals surface area contributed by atoms with E-state index in [4.69, 9.17) is 5.11 Å². The SMILES string of the molecule is CC(=CCO)[C@@H]1C(C)=C[C@@H]2CC[C@@H](O)[C@H](C)[C@H]2[C@@H]1/C=C/C=C/C(=O)O. The summed E-state index contributed by atoms with van der Waals surface area (Å²) in [7, 11) is 0. The van der Waals surface area contributed by atoms with E-state index in [0.29, 0.717) is 11.8 Å². The number of carboxylic acids is 1. The van der Waals surface area contributed by atoms with Crippen LogP contribution in [0.4, 0.5) is 0 Å². The molecular weight excluding hydrogens is 316 g/mol. The second-order valence-electron chi connectivity index (χ2n) is 7.42. The van der Waals surface area contributed by atoms with Crippen LogP contribution in [0.3, 0.4) is 0 Å². The van der Waals surface area contributed by atoms with Crippen LogP contribution in [-0.4, -0.2) is 34.0 Å². The Morgan fingerprint density at radius 2 is 2.04 bits per heavy atom. The molecule has 0 unspecified atom stereocenters. The molecular formula is C21H30O4. The molecule has 25 heavy (non-hydrogen) atoms. The zero-order chi connectivity index (χ0) is 18.6. The lowest BCUT2D eigenvalue weighted by Gasteiger charge is -2.48. The van der Waals surface area contributed by atoms with Gasteiger partial charge in [-0.1, -0.05) is 48.5 Å². The van der Waals surface area contributed by atoms with Gasteiger partial charge >= 0.3 is 5.97 Å². The van der Waals surface area contributed by atoms with Crippen molar-refractivity contribution in [1.29, 1.82) is 0 Å². The normalized spacial score (nSPS) is 36.5. The van der Waals surface area contributed by atoms with E-state index in [1.54, 1.807) is 12.2 Å². The van der Waals surface area contributed by atoms with Crippen molar-refractivity contribution < 1.29 is 20.1 Å². The first-order valence-electron chi connectivity index (χ1n) is 9.08. The lowest BCUT2D eigenvalue weighted by molar-refractivity contribution is -0.131. The van der Waals surface area contributed by atoms with Gasteiger partial charge in [-0.25, -0.2) is 4.79 Å². The summed E-state index contributed by atoms with van der Waals surface area (Å²) in [5.74, 6) is 0.336. The summed E-state index contributed by atoms with van der Waals surface area (Å²) in [6.07, 6.45) is 12.3. The molecule has 1 saturated carbocycles. The molecule has 0 radical (unpaired) electrons. The predicted octanol–water partition coefficient (Wildman–Crippen LogP) is 3.34. The summed E-state index contributed by atoms with van der Waals surface area (Å²) in [5, 5.41) is 28.5. The first-order valence-corrected chi connectivity index (χ1v) is 9.08. The Labute approximate surface area is 150 Å². The maximum absolute atomic E-state index is 10.7. The molecule has 1 fully saturated rings. The topological polar surface area (TPSA) is 77.8 Å². The maximum Gasteiger partial charge on any atom is 0.328 e. The Bertz CT molecular complexity index is 599. The highest BCUT2D eigenvalue weighted by atomic mass is 16.4. The number of aliphatic hydroxyl groups is 2. The van der Waals surface area contributed by atoms with Crippen LogP contribution >= 0.6 is 0 Å². The van der Waals surface area contributed by atoms with E-state index < -0.39 is 5.97 Å². The van der Waals surface area contributed by atoms with Crippen LogP contribution in [0, 0.1) is 29.6 Å². The number of aliphatic carboxylic acids is 1. The average molecular weight is 346 g/mol. The van der Waals surface area contributed by atoms with E-state index in [-0.39, 0.29) is 30.5 Å². The third kappa shape index (κ3) is 4.50. The van der Waals surface area contributed by atoms with Crippen molar-refractivity contribution >= 4 is 5.97 Å². The Balaban J connectivity index is 2.41. The highest BCUT2D eigenvalue weighted by molar-refractivity contribution is 5.80. The van der Waals surface area contributed by atoms with Gasteiger partial charge in [-0.2, -0.15) is 0 Å². The monoisotopic (exact) mass is 346 g/mol. The molecule has 4 heteroatoms. The Morgan fingerprint density at radius 1 is 1.32 bits per heavy atom. The molecule has 2 aliphatic rings. The minimum Gasteiger partial charge on any atom is -0.478 e. The number of carboxylic acid groups (broad SMARTS) is 1. The zero-order valence-electron chi connectivity index (χ0n) is 15.3. The molecule has 3 N–H and O–H groups in total. The Morgan fingerprint density at radius 3 is 2.68 bits per heavy atom. The minimum atomic E-state index is -0.961. The molecule has 0 heterocycles. The highest BCUT2D eigenvalue weighted by Gasteiger charge is 2.44. The second kappa shape index (κ2) is 8.63. The van der Waals surface area contributed by atoms with Gasteiger partial charge in [-0.3, -0.25) is 0 Å². The molecule has 2 rings (SSSR count). The van der Waals surface area contributed by atoms with E-state index in [2.05, 4.69) is 26.0 Å². The third-order valence-electron chi connectivity index (χ3n) is 5.89. The van der Waals surface area contributed by atoms with Crippen molar-refractivity contribution in [3.8, 4) is 0 Å². The number of aliphatic hydroxyl groups excluding tert-OH is 2. The van der Waals surface area contributed by atoms with Crippen molar-refractivity contribution in [3.05, 3.63) is 47.6 Å². The van der Waals surface area contributed by atoms with Gasteiger partial charge in [-0.05, 0) is 50.4 Å². The van der Waals surface area contributed by atoms with Crippen LogP contribution in [-0.2, 0) is 4.79 Å². The fourth-order valence-corrected chi connectivity index (χ4v) is 4.77. The van der Waals surface area contributed by atoms with Crippen molar-refractivity contribution in [2.45, 2.75) is 39.7 Å². The first kappa shape index (κ1) is 19.7. The van der Waals surface area contributed by atoms with E-state index in [1.807, 2.05) is 13.0 Å². The molecule has 0 amide bonds. The quantitative estimate of drug-likeness (QED) is 0.405. The molecule has 0 aromatic heterocycles. The van der Waals surface area contributed by atoms with E-state index in [9.17, 15) is 15.0 Å². The van der Waals surface area contributed by atoms with Gasteiger partial charge < -0.3 is 15.3 Å². The minimum absolute atomic E-state index is 0.0111. The maximum atomic E-state index is 10.7. The largest absolute Gasteiger partial charge is 0.478 e. The number of fused-ring (bicyclic) bond motifs is 1. The summed E-state index contributed by atoms with van der Waals surface area (Å²) in [5.41, 5.74) is 2.42. The van der Waals surface area contributed by atoms with Gasteiger partial charge in [0.1, 0.15) is 0 Å². The van der Waals surface area contributed by atoms with E-state index in [1.165, 1.54) is 5.57 Å². The molecule has 0 aliphatic heterocycles. The summed E-state index contributed by atoms with van der Waals surface area (Å²) in [6, 6.07) is 0. The summed E-state index contributed by atoms with van der Waals surface area (Å²) in [6.45, 7) is 6.30. The smallest absolute Gasteiger partial charge is 0.328 e. The summed E-state index contributed by atoms with van der Waals surface area (Å²) >= 11 is 0. The van der Waals surface area contributed by atoms with Crippen LogP contribution < -0.4 is 0 Å². The lowest BCUT2D eigenvalue weighted by atomic mass is 9.57. The van der Waals surface area contributed by atoms with Crippen LogP contribution in [0.15, 0.2) is 47.6 Å². The Hall–Kier alpha value is -1.65. The molecule has 0 aromatic carbocycles. The van der Waals surface area contributed by atoms with Crippen molar-refractivity contribution in [2.24, 2.45) is 29.6 Å². The summed E-state index contributed by atoms with van der Waals surface area (Å²) in [4.78, 5) is 10.7. The number of hydrogen-bond acceptors (Lipinski definition) is 3. The highest BCUT2D eigenvalue weighted by Crippen LogP contribution is 2.50. The van der Waals surface area contributed by atoms with Gasteiger partial charge in [-0.15, -0.1) is 0 Å². The van der Waals surface area contributed by atoms with Crippen LogP contribution in [0.25, 0.3) is 0 Å². The van der Waals surface area contributed by atoms with Crippen molar-refractivity contribution in [3.63, 3.8) is 0 Å².